The fourth-order valence-corrected chi connectivity index (χ4v) is 10.5. The largest absolute Gasteiger partial charge is 0.507 e. The summed E-state index contributed by atoms with van der Waals surface area (Å²) in [6.45, 7) is 23.4. The molecule has 1 heterocycles. The molecule has 0 saturated heterocycles. The van der Waals surface area contributed by atoms with Crippen LogP contribution in [0.2, 0.25) is 0 Å². The molecule has 1 saturated carbocycles. The van der Waals surface area contributed by atoms with E-state index in [0.29, 0.717) is 5.75 Å². The molecule has 6 rings (SSSR count). The average Bonchev–Trinajstić information content (AvgIpc) is 3.26. The van der Waals surface area contributed by atoms with E-state index in [2.05, 4.69) is 112 Å². The van der Waals surface area contributed by atoms with Crippen molar-refractivity contribution < 1.29 is 9.84 Å². The average molecular weight is 529 g/mol. The van der Waals surface area contributed by atoms with Gasteiger partial charge in [0, 0.05) is 21.6 Å². The van der Waals surface area contributed by atoms with Crippen LogP contribution in [0.25, 0.3) is 21.9 Å². The van der Waals surface area contributed by atoms with Crippen molar-refractivity contribution in [2.24, 2.45) is 21.7 Å². The first kappa shape index (κ1) is 26.1. The van der Waals surface area contributed by atoms with E-state index in [1.54, 1.807) is 0 Å². The monoisotopic (exact) mass is 528 g/mol. The minimum Gasteiger partial charge on any atom is -0.507 e. The normalized spacial score (nSPS) is 22.2. The molecule has 1 N–H and O–H groups in total. The van der Waals surface area contributed by atoms with Gasteiger partial charge in [0.15, 0.2) is 4.93 Å². The summed E-state index contributed by atoms with van der Waals surface area (Å²) in [6.07, 6.45) is 3.39. The van der Waals surface area contributed by atoms with Crippen molar-refractivity contribution in [1.82, 2.24) is 0 Å². The maximum atomic E-state index is 11.6. The number of ether oxygens (including phenoxy) is 1. The number of phenolic OH excluding ortho intramolecular Hbond substituents is 1. The van der Waals surface area contributed by atoms with E-state index in [1.165, 1.54) is 28.7 Å². The molecule has 2 aliphatic carbocycles. The zero-order chi connectivity index (χ0) is 27.7. The van der Waals surface area contributed by atoms with Crippen molar-refractivity contribution in [2.75, 3.05) is 0 Å². The summed E-state index contributed by atoms with van der Waals surface area (Å²) in [7, 11) is 0. The Balaban J connectivity index is 1.64. The van der Waals surface area contributed by atoms with Crippen LogP contribution in [0, 0.1) is 21.7 Å². The number of hydrogen-bond donors (Lipinski definition) is 1. The molecule has 202 valence electrons. The topological polar surface area (TPSA) is 29.5 Å². The van der Waals surface area contributed by atoms with Gasteiger partial charge in [0.05, 0.1) is 4.90 Å². The van der Waals surface area contributed by atoms with E-state index in [0.717, 1.165) is 34.3 Å². The fourth-order valence-electron chi connectivity index (χ4n) is 9.07. The van der Waals surface area contributed by atoms with Crippen molar-refractivity contribution in [2.45, 2.75) is 104 Å². The molecule has 1 spiro atoms. The predicted octanol–water partition coefficient (Wildman–Crippen LogP) is 10.3. The van der Waals surface area contributed by atoms with Gasteiger partial charge < -0.3 is 9.84 Å². The third-order valence-corrected chi connectivity index (χ3v) is 11.5. The highest BCUT2D eigenvalue weighted by atomic mass is 32.2. The van der Waals surface area contributed by atoms with Crippen LogP contribution in [0.15, 0.2) is 47.4 Å². The Morgan fingerprint density at radius 3 is 1.97 bits per heavy atom. The summed E-state index contributed by atoms with van der Waals surface area (Å²) in [6, 6.07) is 15.6. The highest BCUT2D eigenvalue weighted by Crippen LogP contribution is 2.67. The third-order valence-electron chi connectivity index (χ3n) is 9.41. The van der Waals surface area contributed by atoms with Gasteiger partial charge in [-0.3, -0.25) is 0 Å². The molecule has 1 aliphatic heterocycles. The lowest BCUT2D eigenvalue weighted by atomic mass is 9.52. The van der Waals surface area contributed by atoms with Crippen LogP contribution in [-0.4, -0.2) is 10.0 Å². The van der Waals surface area contributed by atoms with E-state index in [9.17, 15) is 5.11 Å². The number of benzene rings is 3. The molecule has 3 aliphatic rings. The van der Waals surface area contributed by atoms with Gasteiger partial charge in [-0.1, -0.05) is 105 Å². The van der Waals surface area contributed by atoms with Crippen molar-refractivity contribution >= 4 is 22.5 Å². The van der Waals surface area contributed by atoms with E-state index in [1.807, 2.05) is 11.8 Å². The Morgan fingerprint density at radius 1 is 0.763 bits per heavy atom. The molecule has 1 fully saturated rings. The zero-order valence-corrected chi connectivity index (χ0v) is 25.7. The molecule has 0 radical (unpaired) electrons. The second kappa shape index (κ2) is 7.53. The Bertz CT molecular complexity index is 1450. The van der Waals surface area contributed by atoms with Gasteiger partial charge in [-0.2, -0.15) is 0 Å². The minimum atomic E-state index is -0.408. The number of aromatic hydroxyl groups is 1. The second-order valence-corrected chi connectivity index (χ2v) is 17.2. The summed E-state index contributed by atoms with van der Waals surface area (Å²) < 4.78 is 7.00. The number of rotatable bonds is 0. The van der Waals surface area contributed by atoms with Crippen molar-refractivity contribution in [3.05, 3.63) is 53.6 Å². The molecule has 38 heavy (non-hydrogen) atoms. The first-order chi connectivity index (χ1) is 17.4. The number of thioether (sulfide) groups is 1. The van der Waals surface area contributed by atoms with Gasteiger partial charge in [0.1, 0.15) is 11.5 Å². The predicted molar refractivity (Wildman–Crippen MR) is 161 cm³/mol. The molecule has 3 aromatic carbocycles. The molecular formula is C35H44O2S. The van der Waals surface area contributed by atoms with Gasteiger partial charge in [-0.05, 0) is 75.9 Å². The van der Waals surface area contributed by atoms with Gasteiger partial charge in [-0.25, -0.2) is 0 Å². The van der Waals surface area contributed by atoms with Crippen LogP contribution in [0.4, 0.5) is 0 Å². The Hall–Kier alpha value is -2.13. The molecule has 2 nitrogen and oxygen atoms in total. The zero-order valence-electron chi connectivity index (χ0n) is 24.9. The number of hydrogen-bond acceptors (Lipinski definition) is 3. The lowest BCUT2D eigenvalue weighted by Crippen LogP contribution is -2.53. The number of fused-ring (bicyclic) bond motifs is 8. The first-order valence-corrected chi connectivity index (χ1v) is 15.0. The van der Waals surface area contributed by atoms with Crippen LogP contribution >= 0.6 is 11.8 Å². The Labute approximate surface area is 233 Å². The fraction of sp³-hybridized carbons (Fsp3) is 0.543. The maximum Gasteiger partial charge on any atom is 0.168 e. The lowest BCUT2D eigenvalue weighted by molar-refractivity contribution is -0.0296. The van der Waals surface area contributed by atoms with E-state index in [4.69, 9.17) is 4.74 Å². The smallest absolute Gasteiger partial charge is 0.168 e. The molecule has 0 amide bonds. The van der Waals surface area contributed by atoms with Crippen molar-refractivity contribution in [3.8, 4) is 22.6 Å². The maximum absolute atomic E-state index is 11.6. The Morgan fingerprint density at radius 2 is 1.37 bits per heavy atom. The second-order valence-electron chi connectivity index (χ2n) is 16.0. The molecule has 3 aromatic rings. The van der Waals surface area contributed by atoms with E-state index >= 15 is 0 Å². The van der Waals surface area contributed by atoms with Crippen LogP contribution < -0.4 is 4.74 Å². The van der Waals surface area contributed by atoms with Gasteiger partial charge >= 0.3 is 0 Å². The van der Waals surface area contributed by atoms with Crippen molar-refractivity contribution in [1.29, 1.82) is 0 Å². The summed E-state index contributed by atoms with van der Waals surface area (Å²) in [5.41, 5.74) is 5.49. The van der Waals surface area contributed by atoms with Crippen LogP contribution in [0.3, 0.4) is 0 Å². The standard InChI is InChI=1S/C35H44O2S/c1-30(2,3)35(31(4,5)6)37-27-15-23-22(16-28(27)38-35)26(36)17-25-29(23)21-13-11-12-14-24(21)34(25)19-32(7,8)18-33(9,10)20-34/h11-17,36H,18-20H2,1-10H3. The quantitative estimate of drug-likeness (QED) is 0.315. The lowest BCUT2D eigenvalue weighted by Gasteiger charge is -2.51. The highest BCUT2D eigenvalue weighted by molar-refractivity contribution is 8.01. The van der Waals surface area contributed by atoms with E-state index in [-0.39, 0.29) is 27.1 Å². The van der Waals surface area contributed by atoms with Crippen LogP contribution in [0.1, 0.15) is 99.6 Å². The third kappa shape index (κ3) is 3.46. The highest BCUT2D eigenvalue weighted by Gasteiger charge is 2.58. The van der Waals surface area contributed by atoms with Crippen LogP contribution in [-0.2, 0) is 5.41 Å². The van der Waals surface area contributed by atoms with E-state index < -0.39 is 4.93 Å². The molecule has 0 aromatic heterocycles. The Kier molecular flexibility index (Phi) is 5.18. The summed E-state index contributed by atoms with van der Waals surface area (Å²) >= 11 is 1.83. The molecule has 0 bridgehead atoms. The van der Waals surface area contributed by atoms with Gasteiger partial charge in [-0.15, -0.1) is 0 Å². The number of phenols is 1. The molecular weight excluding hydrogens is 484 g/mol. The molecule has 3 heteroatoms. The molecule has 0 atom stereocenters. The molecule has 0 unspecified atom stereocenters. The van der Waals surface area contributed by atoms with Gasteiger partial charge in [0.25, 0.3) is 0 Å². The first-order valence-electron chi connectivity index (χ1n) is 14.2. The summed E-state index contributed by atoms with van der Waals surface area (Å²) in [5, 5.41) is 13.7. The van der Waals surface area contributed by atoms with Crippen molar-refractivity contribution in [3.63, 3.8) is 0 Å². The minimum absolute atomic E-state index is 0.0823. The van der Waals surface area contributed by atoms with Crippen LogP contribution in [0.5, 0.6) is 11.5 Å². The van der Waals surface area contributed by atoms with Gasteiger partial charge in [0.2, 0.25) is 0 Å². The SMILES string of the molecule is CC1(C)CC(C)(C)CC2(C1)c1ccccc1-c1c2cc(O)c2cc3c(cc12)OC(C(C)(C)C)(C(C)(C)C)S3. The summed E-state index contributed by atoms with van der Waals surface area (Å²) in [5.74, 6) is 1.34. The summed E-state index contributed by atoms with van der Waals surface area (Å²) in [4.78, 5) is 0.716.